The van der Waals surface area contributed by atoms with Crippen LogP contribution < -0.4 is 0 Å². The molecule has 25 heavy (non-hydrogen) atoms. The molecule has 6 nitrogen and oxygen atoms in total. The number of hydrogen-bond acceptors (Lipinski definition) is 4. The Labute approximate surface area is 147 Å². The molecule has 0 unspecified atom stereocenters. The first-order valence-corrected chi connectivity index (χ1v) is 8.49. The lowest BCUT2D eigenvalue weighted by atomic mass is 10.1. The number of ether oxygens (including phenoxy) is 1. The van der Waals surface area contributed by atoms with Crippen molar-refractivity contribution in [1.82, 2.24) is 9.80 Å². The Morgan fingerprint density at radius 3 is 2.32 bits per heavy atom. The van der Waals surface area contributed by atoms with Gasteiger partial charge in [-0.05, 0) is 24.6 Å². The first kappa shape index (κ1) is 17.2. The summed E-state index contributed by atoms with van der Waals surface area (Å²) >= 11 is 0. The first-order valence-electron chi connectivity index (χ1n) is 8.49. The van der Waals surface area contributed by atoms with E-state index < -0.39 is 6.10 Å². The number of carbonyl (C=O) groups is 2. The van der Waals surface area contributed by atoms with Crippen LogP contribution >= 0.6 is 0 Å². The maximum atomic E-state index is 12.9. The molecule has 0 aliphatic carbocycles. The summed E-state index contributed by atoms with van der Waals surface area (Å²) in [5.41, 5.74) is 0.850. The number of nitrogens with zero attached hydrogens (tertiary/aromatic N) is 2. The number of carbonyl (C=O) groups excluding carboxylic acids is 2. The van der Waals surface area contributed by atoms with Crippen LogP contribution in [0.5, 0.6) is 0 Å². The molecule has 1 atom stereocenters. The Bertz CT molecular complexity index is 691. The molecular formula is C19H22N2O4. The Kier molecular flexibility index (Phi) is 5.50. The summed E-state index contributed by atoms with van der Waals surface area (Å²) in [4.78, 5) is 28.6. The van der Waals surface area contributed by atoms with Crippen molar-refractivity contribution in [3.63, 3.8) is 0 Å². The molecule has 2 heterocycles. The summed E-state index contributed by atoms with van der Waals surface area (Å²) in [5.74, 6) is 0.135. The number of furan rings is 1. The second kappa shape index (κ2) is 7.98. The van der Waals surface area contributed by atoms with Gasteiger partial charge in [0.2, 0.25) is 0 Å². The molecule has 132 valence electrons. The standard InChI is InChI=1S/C19H22N2O4/c1-2-24-17(15-7-4-3-5-8-15)19(23)21-12-10-20(11-13-21)18(22)16-9-6-14-25-16/h3-9,14,17H,2,10-13H2,1H3/t17-/m0/s1. The van der Waals surface area contributed by atoms with Crippen molar-refractivity contribution >= 4 is 11.8 Å². The second-order valence-corrected chi connectivity index (χ2v) is 5.84. The van der Waals surface area contributed by atoms with Crippen LogP contribution in [0.15, 0.2) is 53.1 Å². The van der Waals surface area contributed by atoms with E-state index >= 15 is 0 Å². The monoisotopic (exact) mass is 342 g/mol. The molecule has 0 spiro atoms. The van der Waals surface area contributed by atoms with Crippen LogP contribution in [-0.2, 0) is 9.53 Å². The zero-order valence-electron chi connectivity index (χ0n) is 14.3. The van der Waals surface area contributed by atoms with Crippen molar-refractivity contribution in [2.24, 2.45) is 0 Å². The molecule has 1 aliphatic heterocycles. The number of rotatable bonds is 5. The third-order valence-corrected chi connectivity index (χ3v) is 4.27. The second-order valence-electron chi connectivity index (χ2n) is 5.84. The van der Waals surface area contributed by atoms with Crippen LogP contribution in [0.4, 0.5) is 0 Å². The Hall–Kier alpha value is -2.60. The van der Waals surface area contributed by atoms with Gasteiger partial charge in [0.25, 0.3) is 11.8 Å². The molecule has 1 aliphatic rings. The predicted molar refractivity (Wildman–Crippen MR) is 92.0 cm³/mol. The summed E-state index contributed by atoms with van der Waals surface area (Å²) in [5, 5.41) is 0. The Morgan fingerprint density at radius 1 is 1.04 bits per heavy atom. The molecule has 1 fully saturated rings. The number of piperazine rings is 1. The summed E-state index contributed by atoms with van der Waals surface area (Å²) in [6.45, 7) is 4.28. The molecule has 2 aromatic rings. The van der Waals surface area contributed by atoms with Crippen LogP contribution in [0.1, 0.15) is 29.1 Å². The lowest BCUT2D eigenvalue weighted by molar-refractivity contribution is -0.145. The third-order valence-electron chi connectivity index (χ3n) is 4.27. The van der Waals surface area contributed by atoms with E-state index in [-0.39, 0.29) is 11.8 Å². The Morgan fingerprint density at radius 2 is 1.72 bits per heavy atom. The fourth-order valence-corrected chi connectivity index (χ4v) is 2.96. The van der Waals surface area contributed by atoms with Gasteiger partial charge in [-0.3, -0.25) is 9.59 Å². The van der Waals surface area contributed by atoms with E-state index in [4.69, 9.17) is 9.15 Å². The van der Waals surface area contributed by atoms with Crippen LogP contribution in [0.2, 0.25) is 0 Å². The van der Waals surface area contributed by atoms with Crippen LogP contribution in [0.3, 0.4) is 0 Å². The van der Waals surface area contributed by atoms with Crippen molar-refractivity contribution in [1.29, 1.82) is 0 Å². The van der Waals surface area contributed by atoms with Crippen LogP contribution in [0, 0.1) is 0 Å². The summed E-state index contributed by atoms with van der Waals surface area (Å²) < 4.78 is 10.8. The van der Waals surface area contributed by atoms with Gasteiger partial charge in [-0.2, -0.15) is 0 Å². The van der Waals surface area contributed by atoms with Crippen molar-refractivity contribution < 1.29 is 18.7 Å². The van der Waals surface area contributed by atoms with Crippen LogP contribution in [-0.4, -0.2) is 54.4 Å². The average Bonchev–Trinajstić information content (AvgIpc) is 3.20. The van der Waals surface area contributed by atoms with Gasteiger partial charge in [-0.15, -0.1) is 0 Å². The van der Waals surface area contributed by atoms with E-state index in [0.717, 1.165) is 5.56 Å². The summed E-state index contributed by atoms with van der Waals surface area (Å²) in [6, 6.07) is 12.9. The quantitative estimate of drug-likeness (QED) is 0.837. The smallest absolute Gasteiger partial charge is 0.289 e. The zero-order chi connectivity index (χ0) is 17.6. The largest absolute Gasteiger partial charge is 0.459 e. The molecule has 1 aromatic heterocycles. The van der Waals surface area contributed by atoms with Gasteiger partial charge in [0, 0.05) is 32.8 Å². The summed E-state index contributed by atoms with van der Waals surface area (Å²) in [7, 11) is 0. The number of amides is 2. The highest BCUT2D eigenvalue weighted by molar-refractivity contribution is 5.91. The Balaban J connectivity index is 1.63. The normalized spacial score (nSPS) is 15.9. The topological polar surface area (TPSA) is 63.0 Å². The van der Waals surface area contributed by atoms with Crippen molar-refractivity contribution in [3.8, 4) is 0 Å². The molecule has 3 rings (SSSR count). The molecular weight excluding hydrogens is 320 g/mol. The maximum absolute atomic E-state index is 12.9. The van der Waals surface area contributed by atoms with E-state index in [2.05, 4.69) is 0 Å². The molecule has 0 N–H and O–H groups in total. The third kappa shape index (κ3) is 3.91. The van der Waals surface area contributed by atoms with Crippen molar-refractivity contribution in [2.75, 3.05) is 32.8 Å². The maximum Gasteiger partial charge on any atom is 0.289 e. The highest BCUT2D eigenvalue weighted by atomic mass is 16.5. The number of benzene rings is 1. The van der Waals surface area contributed by atoms with Gasteiger partial charge in [0.1, 0.15) is 0 Å². The minimum absolute atomic E-state index is 0.0573. The molecule has 6 heteroatoms. The lowest BCUT2D eigenvalue weighted by Crippen LogP contribution is -2.51. The van der Waals surface area contributed by atoms with Gasteiger partial charge in [0.05, 0.1) is 6.26 Å². The van der Waals surface area contributed by atoms with E-state index in [1.165, 1.54) is 6.26 Å². The lowest BCUT2D eigenvalue weighted by Gasteiger charge is -2.36. The van der Waals surface area contributed by atoms with Crippen molar-refractivity contribution in [3.05, 3.63) is 60.1 Å². The van der Waals surface area contributed by atoms with E-state index in [1.54, 1.807) is 21.9 Å². The van der Waals surface area contributed by atoms with E-state index in [0.29, 0.717) is 38.5 Å². The fourth-order valence-electron chi connectivity index (χ4n) is 2.96. The number of hydrogen-bond donors (Lipinski definition) is 0. The molecule has 1 saturated heterocycles. The van der Waals surface area contributed by atoms with Gasteiger partial charge in [0.15, 0.2) is 11.9 Å². The first-order chi connectivity index (χ1) is 12.2. The SMILES string of the molecule is CCO[C@H](C(=O)N1CCN(C(=O)c2ccco2)CC1)c1ccccc1. The molecule has 1 aromatic carbocycles. The van der Waals surface area contributed by atoms with Gasteiger partial charge in [-0.1, -0.05) is 30.3 Å². The molecule has 0 bridgehead atoms. The van der Waals surface area contributed by atoms with Gasteiger partial charge >= 0.3 is 0 Å². The molecule has 2 amide bonds. The summed E-state index contributed by atoms with van der Waals surface area (Å²) in [6.07, 6.45) is 0.887. The highest BCUT2D eigenvalue weighted by Gasteiger charge is 2.31. The zero-order valence-corrected chi connectivity index (χ0v) is 14.3. The van der Waals surface area contributed by atoms with Gasteiger partial charge in [-0.25, -0.2) is 0 Å². The predicted octanol–water partition coefficient (Wildman–Crippen LogP) is 2.34. The molecule has 0 saturated carbocycles. The van der Waals surface area contributed by atoms with Crippen molar-refractivity contribution in [2.45, 2.75) is 13.0 Å². The molecule has 0 radical (unpaired) electrons. The average molecular weight is 342 g/mol. The highest BCUT2D eigenvalue weighted by Crippen LogP contribution is 2.21. The van der Waals surface area contributed by atoms with E-state index in [9.17, 15) is 9.59 Å². The van der Waals surface area contributed by atoms with Gasteiger partial charge < -0.3 is 19.0 Å². The fraction of sp³-hybridized carbons (Fsp3) is 0.368. The minimum Gasteiger partial charge on any atom is -0.459 e. The minimum atomic E-state index is -0.599. The van der Waals surface area contributed by atoms with Crippen LogP contribution in [0.25, 0.3) is 0 Å². The van der Waals surface area contributed by atoms with E-state index in [1.807, 2.05) is 37.3 Å².